The first-order chi connectivity index (χ1) is 15.8. The van der Waals surface area contributed by atoms with E-state index >= 15 is 0 Å². The molecule has 1 aliphatic heterocycles. The Morgan fingerprint density at radius 3 is 2.58 bits per heavy atom. The highest BCUT2D eigenvalue weighted by Crippen LogP contribution is 2.53. The standard InChI is InChI=1S/C26H31N3O4/c1-26(2,3)24-18-12-16(14-27)25(30)29(17-8-9-17)23(18)22-20(33-24)13-19(32-11-5-10-31-4)21(28-22)15-6-7-15/h12-13,15,17,24H,5-11H2,1-4H3. The molecule has 0 bridgehead atoms. The molecule has 0 amide bonds. The van der Waals surface area contributed by atoms with E-state index in [0.717, 1.165) is 54.8 Å². The predicted octanol–water partition coefficient (Wildman–Crippen LogP) is 4.89. The van der Waals surface area contributed by atoms with Gasteiger partial charge in [0, 0.05) is 49.1 Å². The van der Waals surface area contributed by atoms with Crippen LogP contribution < -0.4 is 15.0 Å². The number of pyridine rings is 2. The fraction of sp³-hybridized carbons (Fsp3) is 0.577. The maximum Gasteiger partial charge on any atom is 0.269 e. The quantitative estimate of drug-likeness (QED) is 0.560. The van der Waals surface area contributed by atoms with Crippen LogP contribution in [0.1, 0.15) is 87.8 Å². The molecule has 0 spiro atoms. The van der Waals surface area contributed by atoms with Crippen LogP contribution in [0.25, 0.3) is 11.4 Å². The molecule has 7 nitrogen and oxygen atoms in total. The van der Waals surface area contributed by atoms with E-state index in [9.17, 15) is 10.1 Å². The second-order valence-electron chi connectivity index (χ2n) is 10.4. The maximum atomic E-state index is 13.3. The molecular formula is C26H31N3O4. The first-order valence-corrected chi connectivity index (χ1v) is 11.9. The smallest absolute Gasteiger partial charge is 0.269 e. The SMILES string of the molecule is COCCCOc1cc2c(nc1C1CC1)-c1c(cc(C#N)c(=O)n1C1CC1)C(C(C)(C)C)O2. The van der Waals surface area contributed by atoms with Gasteiger partial charge < -0.3 is 18.8 Å². The zero-order chi connectivity index (χ0) is 23.3. The van der Waals surface area contributed by atoms with Crippen molar-refractivity contribution in [2.45, 2.75) is 70.9 Å². The summed E-state index contributed by atoms with van der Waals surface area (Å²) >= 11 is 0. The Bertz CT molecular complexity index is 1180. The summed E-state index contributed by atoms with van der Waals surface area (Å²) in [6.45, 7) is 7.52. The first kappa shape index (κ1) is 22.0. The van der Waals surface area contributed by atoms with Crippen LogP contribution in [0.5, 0.6) is 11.5 Å². The molecule has 1 atom stereocenters. The molecule has 2 aliphatic carbocycles. The number of rotatable bonds is 7. The van der Waals surface area contributed by atoms with Crippen molar-refractivity contribution in [3.63, 3.8) is 0 Å². The molecule has 0 N–H and O–H groups in total. The molecule has 3 heterocycles. The number of nitrogens with zero attached hydrogens (tertiary/aromatic N) is 3. The predicted molar refractivity (Wildman–Crippen MR) is 124 cm³/mol. The monoisotopic (exact) mass is 449 g/mol. The van der Waals surface area contributed by atoms with Crippen molar-refractivity contribution in [3.05, 3.63) is 39.3 Å². The van der Waals surface area contributed by atoms with Gasteiger partial charge >= 0.3 is 0 Å². The van der Waals surface area contributed by atoms with Crippen LogP contribution in [0.3, 0.4) is 0 Å². The lowest BCUT2D eigenvalue weighted by atomic mass is 9.81. The average molecular weight is 450 g/mol. The van der Waals surface area contributed by atoms with Gasteiger partial charge in [-0.05, 0) is 31.7 Å². The van der Waals surface area contributed by atoms with Crippen LogP contribution in [0.4, 0.5) is 0 Å². The second-order valence-corrected chi connectivity index (χ2v) is 10.4. The molecule has 2 fully saturated rings. The normalized spacial score (nSPS) is 19.3. The summed E-state index contributed by atoms with van der Waals surface area (Å²) in [7, 11) is 1.69. The number of hydrogen-bond donors (Lipinski definition) is 0. The lowest BCUT2D eigenvalue weighted by Crippen LogP contribution is -2.33. The van der Waals surface area contributed by atoms with Crippen molar-refractivity contribution in [3.8, 4) is 29.0 Å². The lowest BCUT2D eigenvalue weighted by Gasteiger charge is -2.37. The third-order valence-electron chi connectivity index (χ3n) is 6.53. The van der Waals surface area contributed by atoms with Gasteiger partial charge in [0.1, 0.15) is 29.2 Å². The summed E-state index contributed by atoms with van der Waals surface area (Å²) < 4.78 is 19.6. The Hall–Kier alpha value is -2.85. The van der Waals surface area contributed by atoms with Crippen LogP contribution in [0, 0.1) is 16.7 Å². The molecule has 2 saturated carbocycles. The van der Waals surface area contributed by atoms with Crippen LogP contribution >= 0.6 is 0 Å². The molecule has 33 heavy (non-hydrogen) atoms. The zero-order valence-electron chi connectivity index (χ0n) is 19.8. The molecule has 0 saturated heterocycles. The minimum atomic E-state index is -0.312. The van der Waals surface area contributed by atoms with E-state index in [1.807, 2.05) is 10.6 Å². The van der Waals surface area contributed by atoms with E-state index in [-0.39, 0.29) is 28.7 Å². The van der Waals surface area contributed by atoms with Crippen molar-refractivity contribution in [2.24, 2.45) is 5.41 Å². The van der Waals surface area contributed by atoms with Crippen LogP contribution in [0.2, 0.25) is 0 Å². The van der Waals surface area contributed by atoms with Crippen molar-refractivity contribution in [2.75, 3.05) is 20.3 Å². The van der Waals surface area contributed by atoms with Gasteiger partial charge in [-0.2, -0.15) is 5.26 Å². The van der Waals surface area contributed by atoms with Gasteiger partial charge in [0.2, 0.25) is 0 Å². The third-order valence-corrected chi connectivity index (χ3v) is 6.53. The van der Waals surface area contributed by atoms with Gasteiger partial charge in [-0.25, -0.2) is 4.98 Å². The van der Waals surface area contributed by atoms with E-state index < -0.39 is 0 Å². The second kappa shape index (κ2) is 8.18. The Morgan fingerprint density at radius 1 is 1.21 bits per heavy atom. The van der Waals surface area contributed by atoms with Crippen molar-refractivity contribution in [1.82, 2.24) is 9.55 Å². The van der Waals surface area contributed by atoms with E-state index in [0.29, 0.717) is 30.6 Å². The number of nitriles is 1. The highest BCUT2D eigenvalue weighted by molar-refractivity contribution is 5.72. The van der Waals surface area contributed by atoms with Crippen LogP contribution in [0.15, 0.2) is 16.9 Å². The number of aromatic nitrogens is 2. The summed E-state index contributed by atoms with van der Waals surface area (Å²) in [4.78, 5) is 18.3. The molecule has 0 aromatic carbocycles. The number of fused-ring (bicyclic) bond motifs is 3. The van der Waals surface area contributed by atoms with Gasteiger partial charge in [-0.1, -0.05) is 20.8 Å². The third kappa shape index (κ3) is 4.02. The van der Waals surface area contributed by atoms with Gasteiger partial charge in [-0.3, -0.25) is 4.79 Å². The number of hydrogen-bond acceptors (Lipinski definition) is 6. The summed E-state index contributed by atoms with van der Waals surface area (Å²) in [5, 5.41) is 9.67. The van der Waals surface area contributed by atoms with E-state index in [4.69, 9.17) is 19.2 Å². The van der Waals surface area contributed by atoms with Gasteiger partial charge in [0.05, 0.1) is 18.0 Å². The Labute approximate surface area is 194 Å². The minimum absolute atomic E-state index is 0.113. The average Bonchev–Trinajstić information content (AvgIpc) is 3.68. The Morgan fingerprint density at radius 2 is 1.97 bits per heavy atom. The lowest BCUT2D eigenvalue weighted by molar-refractivity contribution is 0.0824. The Balaban J connectivity index is 1.70. The molecule has 7 heteroatoms. The molecule has 0 radical (unpaired) electrons. The molecule has 3 aliphatic rings. The highest BCUT2D eigenvalue weighted by atomic mass is 16.5. The van der Waals surface area contributed by atoms with Crippen LogP contribution in [-0.4, -0.2) is 29.9 Å². The minimum Gasteiger partial charge on any atom is -0.491 e. The van der Waals surface area contributed by atoms with E-state index in [2.05, 4.69) is 26.8 Å². The maximum absolute atomic E-state index is 13.3. The Kier molecular flexibility index (Phi) is 5.44. The summed E-state index contributed by atoms with van der Waals surface area (Å²) in [5.74, 6) is 1.78. The van der Waals surface area contributed by atoms with Gasteiger partial charge in [-0.15, -0.1) is 0 Å². The van der Waals surface area contributed by atoms with Crippen LogP contribution in [-0.2, 0) is 4.74 Å². The number of methoxy groups -OCH3 is 1. The highest BCUT2D eigenvalue weighted by Gasteiger charge is 2.42. The van der Waals surface area contributed by atoms with Gasteiger partial charge in [0.25, 0.3) is 5.56 Å². The fourth-order valence-electron chi connectivity index (χ4n) is 4.60. The zero-order valence-corrected chi connectivity index (χ0v) is 19.8. The van der Waals surface area contributed by atoms with Crippen molar-refractivity contribution >= 4 is 0 Å². The van der Waals surface area contributed by atoms with E-state index in [1.54, 1.807) is 13.2 Å². The van der Waals surface area contributed by atoms with E-state index in [1.165, 1.54) is 0 Å². The molecule has 5 rings (SSSR count). The van der Waals surface area contributed by atoms with Crippen molar-refractivity contribution < 1.29 is 14.2 Å². The van der Waals surface area contributed by atoms with Crippen molar-refractivity contribution in [1.29, 1.82) is 5.26 Å². The molecule has 2 aromatic rings. The molecular weight excluding hydrogens is 418 g/mol. The summed E-state index contributed by atoms with van der Waals surface area (Å²) in [6, 6.07) is 5.91. The topological polar surface area (TPSA) is 86.4 Å². The summed E-state index contributed by atoms with van der Waals surface area (Å²) in [6.07, 6.45) is 4.53. The molecule has 1 unspecified atom stereocenters. The largest absolute Gasteiger partial charge is 0.491 e. The summed E-state index contributed by atoms with van der Waals surface area (Å²) in [5.41, 5.74) is 3.02. The molecule has 174 valence electrons. The fourth-order valence-corrected chi connectivity index (χ4v) is 4.60. The number of ether oxygens (including phenoxy) is 3. The first-order valence-electron chi connectivity index (χ1n) is 11.9. The molecule has 2 aromatic heterocycles. The van der Waals surface area contributed by atoms with Gasteiger partial charge in [0.15, 0.2) is 5.75 Å².